The summed E-state index contributed by atoms with van der Waals surface area (Å²) in [5.41, 5.74) is 0.778. The summed E-state index contributed by atoms with van der Waals surface area (Å²) in [6.07, 6.45) is 1.35. The lowest BCUT2D eigenvalue weighted by molar-refractivity contribution is 0.584. The Kier molecular flexibility index (Phi) is 4.83. The summed E-state index contributed by atoms with van der Waals surface area (Å²) in [6, 6.07) is 11.0. The van der Waals surface area contributed by atoms with Crippen LogP contribution in [0.25, 0.3) is 11.4 Å². The average molecular weight is 341 g/mol. The predicted molar refractivity (Wildman–Crippen MR) is 93.7 cm³/mol. The van der Waals surface area contributed by atoms with Gasteiger partial charge in [-0.2, -0.15) is 4.39 Å². The molecule has 1 aromatic carbocycles. The van der Waals surface area contributed by atoms with Gasteiger partial charge in [0.2, 0.25) is 5.95 Å². The summed E-state index contributed by atoms with van der Waals surface area (Å²) in [6.45, 7) is 3.94. The van der Waals surface area contributed by atoms with Crippen molar-refractivity contribution in [2.75, 3.05) is 10.6 Å². The molecule has 2 N–H and O–H groups in total. The number of halogens is 2. The minimum Gasteiger partial charge on any atom is -0.368 e. The molecule has 0 saturated heterocycles. The first-order valence-electron chi connectivity index (χ1n) is 7.80. The van der Waals surface area contributed by atoms with E-state index >= 15 is 0 Å². The lowest BCUT2D eigenvalue weighted by Gasteiger charge is -2.13. The van der Waals surface area contributed by atoms with Gasteiger partial charge in [-0.15, -0.1) is 0 Å². The van der Waals surface area contributed by atoms with Gasteiger partial charge in [-0.05, 0) is 32.0 Å². The van der Waals surface area contributed by atoms with Gasteiger partial charge in [-0.25, -0.2) is 19.3 Å². The van der Waals surface area contributed by atoms with Crippen LogP contribution in [-0.4, -0.2) is 21.0 Å². The number of aromatic nitrogens is 3. The number of pyridine rings is 1. The highest BCUT2D eigenvalue weighted by molar-refractivity contribution is 5.65. The highest BCUT2D eigenvalue weighted by Crippen LogP contribution is 2.25. The Hall–Kier alpha value is -3.09. The number of benzene rings is 1. The highest BCUT2D eigenvalue weighted by atomic mass is 19.1. The van der Waals surface area contributed by atoms with Crippen LogP contribution in [-0.2, 0) is 0 Å². The molecule has 7 heteroatoms. The molecule has 0 radical (unpaired) electrons. The molecule has 0 aliphatic heterocycles. The molecule has 3 rings (SSSR count). The van der Waals surface area contributed by atoms with Gasteiger partial charge >= 0.3 is 0 Å². The quantitative estimate of drug-likeness (QED) is 0.674. The number of rotatable bonds is 5. The Balaban J connectivity index is 2.02. The number of anilines is 3. The molecule has 0 unspecified atom stereocenters. The van der Waals surface area contributed by atoms with E-state index in [1.165, 1.54) is 18.3 Å². The molecule has 128 valence electrons. The third-order valence-electron chi connectivity index (χ3n) is 3.28. The normalized spacial score (nSPS) is 10.8. The highest BCUT2D eigenvalue weighted by Gasteiger charge is 2.12. The van der Waals surface area contributed by atoms with E-state index in [1.54, 1.807) is 30.3 Å². The van der Waals surface area contributed by atoms with Crippen LogP contribution in [0, 0.1) is 11.8 Å². The molecule has 0 aliphatic rings. The van der Waals surface area contributed by atoms with Gasteiger partial charge in [0, 0.05) is 30.1 Å². The van der Waals surface area contributed by atoms with Crippen molar-refractivity contribution in [1.82, 2.24) is 15.0 Å². The van der Waals surface area contributed by atoms with Crippen molar-refractivity contribution in [2.24, 2.45) is 0 Å². The zero-order valence-corrected chi connectivity index (χ0v) is 13.8. The zero-order valence-electron chi connectivity index (χ0n) is 13.8. The van der Waals surface area contributed by atoms with Crippen molar-refractivity contribution < 1.29 is 8.78 Å². The fourth-order valence-electron chi connectivity index (χ4n) is 2.27. The van der Waals surface area contributed by atoms with Crippen molar-refractivity contribution in [2.45, 2.75) is 19.9 Å². The first-order chi connectivity index (χ1) is 12.0. The van der Waals surface area contributed by atoms with E-state index in [9.17, 15) is 8.78 Å². The Morgan fingerprint density at radius 3 is 2.44 bits per heavy atom. The molecular formula is C18H17F2N5. The van der Waals surface area contributed by atoms with Gasteiger partial charge in [0.25, 0.3) is 0 Å². The molecule has 3 aromatic rings. The minimum absolute atomic E-state index is 0.134. The molecule has 0 aliphatic carbocycles. The monoisotopic (exact) mass is 341 g/mol. The fourth-order valence-corrected chi connectivity index (χ4v) is 2.27. The maximum atomic E-state index is 14.1. The van der Waals surface area contributed by atoms with Crippen LogP contribution in [0.15, 0.2) is 48.7 Å². The van der Waals surface area contributed by atoms with Crippen LogP contribution in [0.3, 0.4) is 0 Å². The first-order valence-corrected chi connectivity index (χ1v) is 7.80. The smallest absolute Gasteiger partial charge is 0.214 e. The molecule has 0 fully saturated rings. The molecule has 0 saturated carbocycles. The Morgan fingerprint density at radius 2 is 1.72 bits per heavy atom. The second kappa shape index (κ2) is 7.21. The minimum atomic E-state index is -0.603. The summed E-state index contributed by atoms with van der Waals surface area (Å²) < 4.78 is 27.4. The number of hydrogen-bond acceptors (Lipinski definition) is 5. The van der Waals surface area contributed by atoms with Gasteiger partial charge in [-0.1, -0.05) is 12.1 Å². The topological polar surface area (TPSA) is 62.7 Å². The van der Waals surface area contributed by atoms with E-state index in [4.69, 9.17) is 0 Å². The maximum absolute atomic E-state index is 14.1. The van der Waals surface area contributed by atoms with E-state index < -0.39 is 11.8 Å². The fraction of sp³-hybridized carbons (Fsp3) is 0.167. The third kappa shape index (κ3) is 4.26. The Morgan fingerprint density at radius 1 is 0.960 bits per heavy atom. The molecule has 0 spiro atoms. The summed E-state index contributed by atoms with van der Waals surface area (Å²) in [4.78, 5) is 12.2. The molecular weight excluding hydrogens is 324 g/mol. The third-order valence-corrected chi connectivity index (χ3v) is 3.28. The maximum Gasteiger partial charge on any atom is 0.214 e. The largest absolute Gasteiger partial charge is 0.368 e. The van der Waals surface area contributed by atoms with Gasteiger partial charge < -0.3 is 10.6 Å². The summed E-state index contributed by atoms with van der Waals surface area (Å²) >= 11 is 0. The second-order valence-electron chi connectivity index (χ2n) is 5.73. The molecule has 0 bridgehead atoms. The molecule has 0 amide bonds. The average Bonchev–Trinajstić information content (AvgIpc) is 2.54. The standard InChI is InChI=1S/C18H17F2N5/c1-11(2)22-16-10-17(23-12-7-8-21-15(20)9-12)25-18(24-16)13-5-3-4-6-14(13)19/h3-11H,1-2H3,(H2,21,22,23,24,25). The van der Waals surface area contributed by atoms with E-state index in [0.717, 1.165) is 0 Å². The van der Waals surface area contributed by atoms with Crippen LogP contribution in [0.2, 0.25) is 0 Å². The SMILES string of the molecule is CC(C)Nc1cc(Nc2ccnc(F)c2)nc(-c2ccccc2F)n1. The van der Waals surface area contributed by atoms with Crippen LogP contribution in [0.1, 0.15) is 13.8 Å². The molecule has 0 atom stereocenters. The van der Waals surface area contributed by atoms with Crippen molar-refractivity contribution in [1.29, 1.82) is 0 Å². The van der Waals surface area contributed by atoms with Crippen LogP contribution in [0.5, 0.6) is 0 Å². The zero-order chi connectivity index (χ0) is 17.8. The number of nitrogens with zero attached hydrogens (tertiary/aromatic N) is 3. The van der Waals surface area contributed by atoms with Crippen LogP contribution >= 0.6 is 0 Å². The lowest BCUT2D eigenvalue weighted by atomic mass is 10.2. The van der Waals surface area contributed by atoms with E-state index in [-0.39, 0.29) is 11.9 Å². The number of hydrogen-bond donors (Lipinski definition) is 2. The van der Waals surface area contributed by atoms with E-state index in [0.29, 0.717) is 22.9 Å². The van der Waals surface area contributed by atoms with Crippen molar-refractivity contribution in [3.05, 3.63) is 60.4 Å². The van der Waals surface area contributed by atoms with Crippen LogP contribution < -0.4 is 10.6 Å². The van der Waals surface area contributed by atoms with Crippen molar-refractivity contribution >= 4 is 17.3 Å². The van der Waals surface area contributed by atoms with Crippen molar-refractivity contribution in [3.63, 3.8) is 0 Å². The first kappa shape index (κ1) is 16.8. The van der Waals surface area contributed by atoms with E-state index in [2.05, 4.69) is 25.6 Å². The Labute approximate surface area is 144 Å². The van der Waals surface area contributed by atoms with E-state index in [1.807, 2.05) is 13.8 Å². The van der Waals surface area contributed by atoms with Gasteiger partial charge in [0.1, 0.15) is 17.5 Å². The van der Waals surface area contributed by atoms with Gasteiger partial charge in [-0.3, -0.25) is 0 Å². The number of nitrogens with one attached hydrogen (secondary N) is 2. The molecule has 2 heterocycles. The van der Waals surface area contributed by atoms with Gasteiger partial charge in [0.15, 0.2) is 5.82 Å². The van der Waals surface area contributed by atoms with Crippen molar-refractivity contribution in [3.8, 4) is 11.4 Å². The second-order valence-corrected chi connectivity index (χ2v) is 5.73. The molecule has 25 heavy (non-hydrogen) atoms. The summed E-state index contributed by atoms with van der Waals surface area (Å²) in [5, 5.41) is 6.17. The Bertz CT molecular complexity index is 883. The molecule has 5 nitrogen and oxygen atoms in total. The summed E-state index contributed by atoms with van der Waals surface area (Å²) in [7, 11) is 0. The van der Waals surface area contributed by atoms with Gasteiger partial charge in [0.05, 0.1) is 5.56 Å². The van der Waals surface area contributed by atoms with Crippen LogP contribution in [0.4, 0.5) is 26.1 Å². The predicted octanol–water partition coefficient (Wildman–Crippen LogP) is 4.38. The lowest BCUT2D eigenvalue weighted by Crippen LogP contribution is -2.12. The summed E-state index contributed by atoms with van der Waals surface area (Å²) in [5.74, 6) is 0.182. The molecule has 2 aromatic heterocycles.